The molecule has 0 radical (unpaired) electrons. The molecule has 0 aromatic heterocycles. The molecule has 0 N–H and O–H groups in total. The van der Waals surface area contributed by atoms with Crippen LogP contribution in [0.4, 0.5) is 0 Å². The zero-order valence-electron chi connectivity index (χ0n) is 10.9. The third kappa shape index (κ3) is 4.17. The predicted molar refractivity (Wildman–Crippen MR) is 73.1 cm³/mol. The van der Waals surface area contributed by atoms with Gasteiger partial charge in [0.2, 0.25) is 0 Å². The number of halogens is 1. The lowest BCUT2D eigenvalue weighted by Crippen LogP contribution is -2.01. The van der Waals surface area contributed by atoms with Gasteiger partial charge < -0.3 is 0 Å². The van der Waals surface area contributed by atoms with Gasteiger partial charge in [-0.3, -0.25) is 0 Å². The lowest BCUT2D eigenvalue weighted by molar-refractivity contribution is 0.637. The molecule has 16 heavy (non-hydrogen) atoms. The number of rotatable bonds is 5. The predicted octanol–water partition coefficient (Wildman–Crippen LogP) is 4.82. The molecule has 0 spiro atoms. The van der Waals surface area contributed by atoms with Gasteiger partial charge in [0.1, 0.15) is 0 Å². The van der Waals surface area contributed by atoms with E-state index in [0.717, 1.165) is 12.8 Å². The lowest BCUT2D eigenvalue weighted by atomic mass is 9.94. The van der Waals surface area contributed by atoms with E-state index >= 15 is 0 Å². The highest BCUT2D eigenvalue weighted by Gasteiger charge is 2.06. The molecule has 1 aromatic rings. The number of hydrogen-bond acceptors (Lipinski definition) is 0. The molecule has 1 heteroatoms. The molecular formula is C15H23Cl. The van der Waals surface area contributed by atoms with Crippen LogP contribution >= 0.6 is 11.6 Å². The average Bonchev–Trinajstić information content (AvgIpc) is 2.18. The fourth-order valence-corrected chi connectivity index (χ4v) is 2.29. The Kier molecular flexibility index (Phi) is 5.34. The van der Waals surface area contributed by atoms with Crippen molar-refractivity contribution in [3.8, 4) is 0 Å². The number of alkyl halides is 1. The van der Waals surface area contributed by atoms with Gasteiger partial charge in [-0.25, -0.2) is 0 Å². The van der Waals surface area contributed by atoms with E-state index in [1.165, 1.54) is 16.7 Å². The van der Waals surface area contributed by atoms with E-state index in [9.17, 15) is 0 Å². The highest BCUT2D eigenvalue weighted by molar-refractivity contribution is 6.17. The molecule has 0 amide bonds. The number of benzene rings is 1. The Labute approximate surface area is 105 Å². The molecule has 0 saturated carbocycles. The average molecular weight is 239 g/mol. The first-order valence-corrected chi connectivity index (χ1v) is 6.73. The van der Waals surface area contributed by atoms with Gasteiger partial charge in [-0.15, -0.1) is 11.6 Å². The molecule has 0 bridgehead atoms. The first-order chi connectivity index (χ1) is 7.52. The maximum atomic E-state index is 6.02. The summed E-state index contributed by atoms with van der Waals surface area (Å²) in [6, 6.07) is 6.80. The summed E-state index contributed by atoms with van der Waals surface area (Å²) in [6.45, 7) is 9.00. The number of hydrogen-bond donors (Lipinski definition) is 0. The summed E-state index contributed by atoms with van der Waals surface area (Å²) in [5.74, 6) is 2.03. The van der Waals surface area contributed by atoms with Gasteiger partial charge in [-0.05, 0) is 41.4 Å². The van der Waals surface area contributed by atoms with Crippen LogP contribution in [0.2, 0.25) is 0 Å². The summed E-state index contributed by atoms with van der Waals surface area (Å²) in [6.07, 6.45) is 2.27. The van der Waals surface area contributed by atoms with Gasteiger partial charge in [-0.2, -0.15) is 0 Å². The maximum Gasteiger partial charge on any atom is 0.0476 e. The van der Waals surface area contributed by atoms with E-state index in [1.807, 2.05) is 0 Å². The van der Waals surface area contributed by atoms with Crippen molar-refractivity contribution < 1.29 is 0 Å². The second-order valence-corrected chi connectivity index (χ2v) is 5.70. The van der Waals surface area contributed by atoms with E-state index in [1.54, 1.807) is 0 Å². The van der Waals surface area contributed by atoms with Crippen LogP contribution in [-0.2, 0) is 18.7 Å². The Morgan fingerprint density at radius 3 is 2.06 bits per heavy atom. The second kappa shape index (κ2) is 6.30. The SMILES string of the molecule is CC(C)Cc1ccc(CC(C)C)c(CCl)c1. The van der Waals surface area contributed by atoms with Gasteiger partial charge in [0.15, 0.2) is 0 Å². The van der Waals surface area contributed by atoms with Crippen molar-refractivity contribution in [1.29, 1.82) is 0 Å². The quantitative estimate of drug-likeness (QED) is 0.645. The van der Waals surface area contributed by atoms with Crippen molar-refractivity contribution in [3.05, 3.63) is 34.9 Å². The Hall–Kier alpha value is -0.490. The van der Waals surface area contributed by atoms with E-state index in [2.05, 4.69) is 45.9 Å². The highest BCUT2D eigenvalue weighted by atomic mass is 35.5. The Balaban J connectivity index is 2.88. The van der Waals surface area contributed by atoms with Crippen molar-refractivity contribution in [2.45, 2.75) is 46.4 Å². The summed E-state index contributed by atoms with van der Waals surface area (Å²) in [4.78, 5) is 0. The van der Waals surface area contributed by atoms with Crippen LogP contribution in [-0.4, -0.2) is 0 Å². The van der Waals surface area contributed by atoms with Crippen molar-refractivity contribution in [1.82, 2.24) is 0 Å². The molecule has 0 saturated heterocycles. The minimum Gasteiger partial charge on any atom is -0.122 e. The van der Waals surface area contributed by atoms with Crippen LogP contribution in [0.15, 0.2) is 18.2 Å². The minimum atomic E-state index is 0.633. The molecule has 1 rings (SSSR count). The largest absolute Gasteiger partial charge is 0.122 e. The standard InChI is InChI=1S/C15H23Cl/c1-11(2)7-13-5-6-14(8-12(3)4)15(9-13)10-16/h5-6,9,11-12H,7-8,10H2,1-4H3. The van der Waals surface area contributed by atoms with Crippen LogP contribution in [0.5, 0.6) is 0 Å². The molecule has 90 valence electrons. The molecular weight excluding hydrogens is 216 g/mol. The van der Waals surface area contributed by atoms with Gasteiger partial charge in [-0.1, -0.05) is 45.9 Å². The van der Waals surface area contributed by atoms with Crippen LogP contribution in [0.25, 0.3) is 0 Å². The minimum absolute atomic E-state index is 0.633. The van der Waals surface area contributed by atoms with Gasteiger partial charge in [0.25, 0.3) is 0 Å². The molecule has 0 nitrogen and oxygen atoms in total. The Morgan fingerprint density at radius 1 is 0.938 bits per heavy atom. The highest BCUT2D eigenvalue weighted by Crippen LogP contribution is 2.19. The first kappa shape index (κ1) is 13.6. The van der Waals surface area contributed by atoms with Crippen LogP contribution in [0, 0.1) is 11.8 Å². The van der Waals surface area contributed by atoms with Gasteiger partial charge in [0, 0.05) is 5.88 Å². The molecule has 0 aliphatic heterocycles. The summed E-state index contributed by atoms with van der Waals surface area (Å²) in [5.41, 5.74) is 4.14. The molecule has 0 aliphatic carbocycles. The van der Waals surface area contributed by atoms with Gasteiger partial charge >= 0.3 is 0 Å². The third-order valence-electron chi connectivity index (χ3n) is 2.69. The second-order valence-electron chi connectivity index (χ2n) is 5.43. The molecule has 1 aromatic carbocycles. The van der Waals surface area contributed by atoms with E-state index in [0.29, 0.717) is 17.7 Å². The van der Waals surface area contributed by atoms with Gasteiger partial charge in [0.05, 0.1) is 0 Å². The topological polar surface area (TPSA) is 0 Å². The first-order valence-electron chi connectivity index (χ1n) is 6.19. The summed E-state index contributed by atoms with van der Waals surface area (Å²) >= 11 is 6.02. The van der Waals surface area contributed by atoms with Crippen LogP contribution < -0.4 is 0 Å². The summed E-state index contributed by atoms with van der Waals surface area (Å²) < 4.78 is 0. The summed E-state index contributed by atoms with van der Waals surface area (Å²) in [7, 11) is 0. The van der Waals surface area contributed by atoms with Crippen molar-refractivity contribution >= 4 is 11.6 Å². The van der Waals surface area contributed by atoms with Crippen molar-refractivity contribution in [2.75, 3.05) is 0 Å². The van der Waals surface area contributed by atoms with E-state index < -0.39 is 0 Å². The zero-order valence-corrected chi connectivity index (χ0v) is 11.6. The fourth-order valence-electron chi connectivity index (χ4n) is 2.04. The zero-order chi connectivity index (χ0) is 12.1. The molecule has 0 aliphatic rings. The Bertz CT molecular complexity index is 326. The molecule has 0 heterocycles. The van der Waals surface area contributed by atoms with Crippen molar-refractivity contribution in [3.63, 3.8) is 0 Å². The smallest absolute Gasteiger partial charge is 0.0476 e. The van der Waals surface area contributed by atoms with Crippen LogP contribution in [0.3, 0.4) is 0 Å². The summed E-state index contributed by atoms with van der Waals surface area (Å²) in [5, 5.41) is 0. The fraction of sp³-hybridized carbons (Fsp3) is 0.600. The molecule has 0 unspecified atom stereocenters. The van der Waals surface area contributed by atoms with E-state index in [4.69, 9.17) is 11.6 Å². The maximum absolute atomic E-state index is 6.02. The van der Waals surface area contributed by atoms with E-state index in [-0.39, 0.29) is 0 Å². The monoisotopic (exact) mass is 238 g/mol. The van der Waals surface area contributed by atoms with Crippen LogP contribution in [0.1, 0.15) is 44.4 Å². The van der Waals surface area contributed by atoms with Crippen molar-refractivity contribution in [2.24, 2.45) is 11.8 Å². The molecule has 0 fully saturated rings. The Morgan fingerprint density at radius 2 is 1.56 bits per heavy atom. The third-order valence-corrected chi connectivity index (χ3v) is 2.97. The molecule has 0 atom stereocenters. The normalized spacial score (nSPS) is 11.4. The lowest BCUT2D eigenvalue weighted by Gasteiger charge is -2.13.